The molecule has 0 atom stereocenters. The Bertz CT molecular complexity index is 912. The Morgan fingerprint density at radius 2 is 2.04 bits per heavy atom. The van der Waals surface area contributed by atoms with E-state index in [1.54, 1.807) is 28.8 Å². The van der Waals surface area contributed by atoms with E-state index >= 15 is 0 Å². The van der Waals surface area contributed by atoms with Crippen molar-refractivity contribution < 1.29 is 9.90 Å². The van der Waals surface area contributed by atoms with Gasteiger partial charge in [-0.15, -0.1) is 10.2 Å². The van der Waals surface area contributed by atoms with Crippen LogP contribution < -0.4 is 0 Å². The van der Waals surface area contributed by atoms with Crippen molar-refractivity contribution in [1.82, 2.24) is 9.38 Å². The highest BCUT2D eigenvalue weighted by atomic mass is 16.4. The maximum atomic E-state index is 11.4. The first-order chi connectivity index (χ1) is 11.1. The molecule has 0 saturated heterocycles. The van der Waals surface area contributed by atoms with Crippen molar-refractivity contribution in [2.45, 2.75) is 20.3 Å². The van der Waals surface area contributed by atoms with Crippen LogP contribution in [-0.4, -0.2) is 20.5 Å². The summed E-state index contributed by atoms with van der Waals surface area (Å²) in [6.07, 6.45) is 2.55. The largest absolute Gasteiger partial charge is 0.476 e. The molecule has 0 unspecified atom stereocenters. The zero-order chi connectivity index (χ0) is 16.4. The molecule has 0 aliphatic heterocycles. The highest BCUT2D eigenvalue weighted by Gasteiger charge is 2.18. The van der Waals surface area contributed by atoms with Crippen LogP contribution in [0.15, 0.2) is 52.8 Å². The lowest BCUT2D eigenvalue weighted by atomic mass is 10.1. The van der Waals surface area contributed by atoms with E-state index in [1.165, 1.54) is 0 Å². The second-order valence-electron chi connectivity index (χ2n) is 5.15. The van der Waals surface area contributed by atoms with Crippen LogP contribution in [0.4, 0.5) is 11.5 Å². The summed E-state index contributed by atoms with van der Waals surface area (Å²) in [7, 11) is 0. The van der Waals surface area contributed by atoms with E-state index in [1.807, 2.05) is 32.0 Å². The van der Waals surface area contributed by atoms with E-state index in [0.29, 0.717) is 5.65 Å². The molecule has 116 valence electrons. The molecule has 2 aromatic heterocycles. The zero-order valence-corrected chi connectivity index (χ0v) is 12.9. The number of rotatable bonds is 4. The first-order valence-corrected chi connectivity index (χ1v) is 7.32. The summed E-state index contributed by atoms with van der Waals surface area (Å²) in [5.74, 6) is -0.901. The van der Waals surface area contributed by atoms with Crippen molar-refractivity contribution in [1.29, 1.82) is 0 Å². The minimum absolute atomic E-state index is 0.105. The fourth-order valence-electron chi connectivity index (χ4n) is 2.47. The predicted molar refractivity (Wildman–Crippen MR) is 86.9 cm³/mol. The van der Waals surface area contributed by atoms with Crippen LogP contribution in [0.3, 0.4) is 0 Å². The molecule has 2 heterocycles. The van der Waals surface area contributed by atoms with Crippen LogP contribution in [0.5, 0.6) is 0 Å². The van der Waals surface area contributed by atoms with Gasteiger partial charge in [-0.25, -0.2) is 9.78 Å². The van der Waals surface area contributed by atoms with Gasteiger partial charge in [0.25, 0.3) is 0 Å². The topological polar surface area (TPSA) is 79.3 Å². The lowest BCUT2D eigenvalue weighted by Gasteiger charge is -2.05. The van der Waals surface area contributed by atoms with Gasteiger partial charge in [-0.2, -0.15) is 0 Å². The molecular formula is C17H16N4O2. The average Bonchev–Trinajstić information content (AvgIpc) is 2.92. The van der Waals surface area contributed by atoms with E-state index < -0.39 is 5.97 Å². The number of aromatic carboxylic acids is 1. The van der Waals surface area contributed by atoms with E-state index in [2.05, 4.69) is 15.2 Å². The average molecular weight is 308 g/mol. The number of azo groups is 1. The van der Waals surface area contributed by atoms with Crippen LogP contribution in [0, 0.1) is 6.92 Å². The Balaban J connectivity index is 2.15. The number of benzene rings is 1. The summed E-state index contributed by atoms with van der Waals surface area (Å²) in [4.78, 5) is 15.5. The first kappa shape index (κ1) is 14.9. The predicted octanol–water partition coefficient (Wildman–Crippen LogP) is 4.32. The lowest BCUT2D eigenvalue weighted by molar-refractivity contribution is 0.0692. The number of hydrogen-bond acceptors (Lipinski definition) is 4. The van der Waals surface area contributed by atoms with Crippen molar-refractivity contribution in [3.05, 3.63) is 59.4 Å². The summed E-state index contributed by atoms with van der Waals surface area (Å²) >= 11 is 0. The molecule has 0 spiro atoms. The molecule has 0 bridgehead atoms. The number of carboxylic acids is 1. The van der Waals surface area contributed by atoms with Gasteiger partial charge in [-0.3, -0.25) is 4.40 Å². The highest BCUT2D eigenvalue weighted by Crippen LogP contribution is 2.28. The number of pyridine rings is 1. The third kappa shape index (κ3) is 2.70. The third-order valence-corrected chi connectivity index (χ3v) is 3.65. The molecule has 0 saturated carbocycles. The van der Waals surface area contributed by atoms with Crippen LogP contribution in [0.25, 0.3) is 5.65 Å². The molecular weight excluding hydrogens is 292 g/mol. The minimum atomic E-state index is -1.12. The van der Waals surface area contributed by atoms with Crippen LogP contribution >= 0.6 is 0 Å². The number of nitrogens with zero attached hydrogens (tertiary/aromatic N) is 4. The van der Waals surface area contributed by atoms with Crippen molar-refractivity contribution in [3.8, 4) is 0 Å². The molecule has 0 fully saturated rings. The summed E-state index contributed by atoms with van der Waals surface area (Å²) in [6, 6.07) is 11.3. The molecule has 0 aliphatic rings. The number of aromatic nitrogens is 2. The number of aryl methyl sites for hydroxylation is 2. The van der Waals surface area contributed by atoms with Crippen LogP contribution in [0.1, 0.15) is 28.5 Å². The molecule has 3 rings (SSSR count). The number of imidazole rings is 1. The standard InChI is InChI=1S/C17H16N4O2/c1-3-12-8-6-7-11(2)14(12)19-20-16-15(17(22)23)18-13-9-4-5-10-21(13)16/h4-10H,3H2,1-2H3,(H,22,23). The Kier molecular flexibility index (Phi) is 3.89. The number of fused-ring (bicyclic) bond motifs is 1. The maximum Gasteiger partial charge on any atom is 0.358 e. The molecule has 0 aliphatic carbocycles. The van der Waals surface area contributed by atoms with Gasteiger partial charge < -0.3 is 5.11 Å². The van der Waals surface area contributed by atoms with Crippen molar-refractivity contribution in [2.75, 3.05) is 0 Å². The quantitative estimate of drug-likeness (QED) is 0.729. The van der Waals surface area contributed by atoms with Gasteiger partial charge in [-0.05, 0) is 36.6 Å². The first-order valence-electron chi connectivity index (χ1n) is 7.32. The smallest absolute Gasteiger partial charge is 0.358 e. The molecule has 6 heteroatoms. The Labute approximate surface area is 133 Å². The van der Waals surface area contributed by atoms with Gasteiger partial charge in [0.05, 0.1) is 5.69 Å². The lowest BCUT2D eigenvalue weighted by Crippen LogP contribution is -1.96. The number of carboxylic acid groups (broad SMARTS) is 1. The van der Waals surface area contributed by atoms with Gasteiger partial charge in [-0.1, -0.05) is 31.2 Å². The van der Waals surface area contributed by atoms with E-state index in [4.69, 9.17) is 0 Å². The Morgan fingerprint density at radius 3 is 2.78 bits per heavy atom. The Hall–Kier alpha value is -3.02. The van der Waals surface area contributed by atoms with Gasteiger partial charge in [0.1, 0.15) is 5.65 Å². The van der Waals surface area contributed by atoms with E-state index in [9.17, 15) is 9.90 Å². The van der Waals surface area contributed by atoms with E-state index in [-0.39, 0.29) is 11.5 Å². The zero-order valence-electron chi connectivity index (χ0n) is 12.9. The minimum Gasteiger partial charge on any atom is -0.476 e. The van der Waals surface area contributed by atoms with Crippen molar-refractivity contribution in [2.24, 2.45) is 10.2 Å². The number of carbonyl (C=O) groups is 1. The van der Waals surface area contributed by atoms with Gasteiger partial charge in [0.15, 0.2) is 11.5 Å². The SMILES string of the molecule is CCc1cccc(C)c1N=Nc1c(C(=O)O)nc2ccccn12. The van der Waals surface area contributed by atoms with Gasteiger partial charge >= 0.3 is 5.97 Å². The Morgan fingerprint density at radius 1 is 1.22 bits per heavy atom. The summed E-state index contributed by atoms with van der Waals surface area (Å²) < 4.78 is 1.62. The van der Waals surface area contributed by atoms with Crippen LogP contribution in [-0.2, 0) is 6.42 Å². The van der Waals surface area contributed by atoms with Crippen molar-refractivity contribution in [3.63, 3.8) is 0 Å². The van der Waals surface area contributed by atoms with Gasteiger partial charge in [0, 0.05) is 6.20 Å². The summed E-state index contributed by atoms with van der Waals surface area (Å²) in [5.41, 5.74) is 3.27. The molecule has 3 aromatic rings. The second kappa shape index (κ2) is 6.00. The molecule has 6 nitrogen and oxygen atoms in total. The summed E-state index contributed by atoms with van der Waals surface area (Å²) in [5, 5.41) is 17.9. The third-order valence-electron chi connectivity index (χ3n) is 3.65. The molecule has 1 aromatic carbocycles. The van der Waals surface area contributed by atoms with Crippen molar-refractivity contribution >= 4 is 23.1 Å². The molecule has 0 amide bonds. The van der Waals surface area contributed by atoms with Crippen LogP contribution in [0.2, 0.25) is 0 Å². The fourth-order valence-corrected chi connectivity index (χ4v) is 2.47. The number of hydrogen-bond donors (Lipinski definition) is 1. The van der Waals surface area contributed by atoms with Gasteiger partial charge in [0.2, 0.25) is 0 Å². The fraction of sp³-hybridized carbons (Fsp3) is 0.176. The molecule has 1 N–H and O–H groups in total. The maximum absolute atomic E-state index is 11.4. The second-order valence-corrected chi connectivity index (χ2v) is 5.15. The molecule has 0 radical (unpaired) electrons. The normalized spacial score (nSPS) is 11.4. The molecule has 23 heavy (non-hydrogen) atoms. The van der Waals surface area contributed by atoms with E-state index in [0.717, 1.165) is 23.2 Å². The monoisotopic (exact) mass is 308 g/mol. The summed E-state index contributed by atoms with van der Waals surface area (Å²) in [6.45, 7) is 4.00. The highest BCUT2D eigenvalue weighted by molar-refractivity contribution is 5.91.